The van der Waals surface area contributed by atoms with Gasteiger partial charge in [0.15, 0.2) is 0 Å². The third-order valence-electron chi connectivity index (χ3n) is 1.77. The summed E-state index contributed by atoms with van der Waals surface area (Å²) in [6, 6.07) is 6.31. The van der Waals surface area contributed by atoms with Crippen LogP contribution >= 0.6 is 0 Å². The summed E-state index contributed by atoms with van der Waals surface area (Å²) in [7, 11) is 0. The van der Waals surface area contributed by atoms with Gasteiger partial charge in [-0.3, -0.25) is 4.99 Å². The minimum atomic E-state index is 0.993. The summed E-state index contributed by atoms with van der Waals surface area (Å²) >= 11 is 0. The molecular formula is C11H15N. The predicted octanol–water partition coefficient (Wildman–Crippen LogP) is 3.42. The minimum absolute atomic E-state index is 0.993. The van der Waals surface area contributed by atoms with Crippen molar-refractivity contribution in [2.24, 2.45) is 4.99 Å². The molecule has 0 atom stereocenters. The van der Waals surface area contributed by atoms with Gasteiger partial charge in [0.2, 0.25) is 0 Å². The molecule has 0 aliphatic rings. The van der Waals surface area contributed by atoms with Crippen molar-refractivity contribution in [3.63, 3.8) is 0 Å². The van der Waals surface area contributed by atoms with Crippen LogP contribution in [0, 0.1) is 13.8 Å². The van der Waals surface area contributed by atoms with Gasteiger partial charge in [0.05, 0.1) is 5.69 Å². The first kappa shape index (κ1) is 8.98. The number of benzene rings is 1. The molecule has 0 fully saturated rings. The highest BCUT2D eigenvalue weighted by atomic mass is 14.7. The topological polar surface area (TPSA) is 12.4 Å². The first-order chi connectivity index (χ1) is 5.74. The highest BCUT2D eigenvalue weighted by Crippen LogP contribution is 2.18. The van der Waals surface area contributed by atoms with Crippen LogP contribution in [0.2, 0.25) is 0 Å². The van der Waals surface area contributed by atoms with Crippen LogP contribution in [0.5, 0.6) is 0 Å². The van der Waals surface area contributed by atoms with E-state index in [9.17, 15) is 0 Å². The summed E-state index contributed by atoms with van der Waals surface area (Å²) in [6.45, 7) is 6.28. The van der Waals surface area contributed by atoms with Crippen molar-refractivity contribution < 1.29 is 0 Å². The molecule has 1 rings (SSSR count). The fourth-order valence-electron chi connectivity index (χ4n) is 1.14. The van der Waals surface area contributed by atoms with Crippen molar-refractivity contribution in [3.8, 4) is 0 Å². The van der Waals surface area contributed by atoms with Crippen molar-refractivity contribution >= 4 is 11.9 Å². The van der Waals surface area contributed by atoms with Crippen molar-refractivity contribution in [2.45, 2.75) is 27.2 Å². The van der Waals surface area contributed by atoms with Gasteiger partial charge in [-0.05, 0) is 31.9 Å². The lowest BCUT2D eigenvalue weighted by molar-refractivity contribution is 1.29. The van der Waals surface area contributed by atoms with E-state index in [0.29, 0.717) is 0 Å². The standard InChI is InChI=1S/C11H15N/c1-4-7-12-11-6-5-9(2)8-10(11)3/h5-8H,4H2,1-3H3. The van der Waals surface area contributed by atoms with E-state index in [2.05, 4.69) is 44.0 Å². The van der Waals surface area contributed by atoms with E-state index >= 15 is 0 Å². The van der Waals surface area contributed by atoms with E-state index < -0.39 is 0 Å². The Morgan fingerprint density at radius 2 is 2.08 bits per heavy atom. The van der Waals surface area contributed by atoms with Crippen molar-refractivity contribution in [1.29, 1.82) is 0 Å². The van der Waals surface area contributed by atoms with Gasteiger partial charge in [-0.15, -0.1) is 0 Å². The van der Waals surface area contributed by atoms with Gasteiger partial charge in [0.1, 0.15) is 0 Å². The number of aryl methyl sites for hydroxylation is 2. The zero-order valence-electron chi connectivity index (χ0n) is 7.96. The lowest BCUT2D eigenvalue weighted by Crippen LogP contribution is -1.77. The van der Waals surface area contributed by atoms with Crippen LogP contribution in [0.4, 0.5) is 5.69 Å². The summed E-state index contributed by atoms with van der Waals surface area (Å²) in [6.07, 6.45) is 2.94. The van der Waals surface area contributed by atoms with Crippen molar-refractivity contribution in [2.75, 3.05) is 0 Å². The van der Waals surface area contributed by atoms with Gasteiger partial charge < -0.3 is 0 Å². The Hall–Kier alpha value is -1.11. The molecule has 0 saturated carbocycles. The molecule has 1 aromatic rings. The average molecular weight is 161 g/mol. The van der Waals surface area contributed by atoms with Gasteiger partial charge in [0, 0.05) is 6.21 Å². The monoisotopic (exact) mass is 161 g/mol. The lowest BCUT2D eigenvalue weighted by Gasteiger charge is -2.00. The van der Waals surface area contributed by atoms with Crippen LogP contribution in [0.3, 0.4) is 0 Å². The first-order valence-electron chi connectivity index (χ1n) is 4.34. The van der Waals surface area contributed by atoms with E-state index in [4.69, 9.17) is 0 Å². The molecule has 1 nitrogen and oxygen atoms in total. The lowest BCUT2D eigenvalue weighted by atomic mass is 10.1. The smallest absolute Gasteiger partial charge is 0.0655 e. The fraction of sp³-hybridized carbons (Fsp3) is 0.364. The van der Waals surface area contributed by atoms with Crippen LogP contribution < -0.4 is 0 Å². The molecule has 0 spiro atoms. The summed E-state index contributed by atoms with van der Waals surface area (Å²) in [5.74, 6) is 0. The maximum absolute atomic E-state index is 4.34. The summed E-state index contributed by atoms with van der Waals surface area (Å²) < 4.78 is 0. The fourth-order valence-corrected chi connectivity index (χ4v) is 1.14. The molecule has 0 radical (unpaired) electrons. The molecule has 64 valence electrons. The van der Waals surface area contributed by atoms with E-state index in [-0.39, 0.29) is 0 Å². The quantitative estimate of drug-likeness (QED) is 0.589. The zero-order valence-corrected chi connectivity index (χ0v) is 7.96. The molecule has 0 unspecified atom stereocenters. The Labute approximate surface area is 74.2 Å². The second-order valence-corrected chi connectivity index (χ2v) is 3.01. The van der Waals surface area contributed by atoms with Crippen LogP contribution in [-0.4, -0.2) is 6.21 Å². The van der Waals surface area contributed by atoms with Gasteiger partial charge in [0.25, 0.3) is 0 Å². The molecule has 0 aliphatic heterocycles. The van der Waals surface area contributed by atoms with Crippen LogP contribution in [0.25, 0.3) is 0 Å². The Morgan fingerprint density at radius 1 is 1.33 bits per heavy atom. The molecule has 0 aromatic heterocycles. The van der Waals surface area contributed by atoms with Crippen LogP contribution in [0.15, 0.2) is 23.2 Å². The largest absolute Gasteiger partial charge is 0.261 e. The molecule has 0 N–H and O–H groups in total. The normalized spacial score (nSPS) is 10.9. The second-order valence-electron chi connectivity index (χ2n) is 3.01. The third kappa shape index (κ3) is 2.19. The number of hydrogen-bond donors (Lipinski definition) is 0. The maximum Gasteiger partial charge on any atom is 0.0655 e. The summed E-state index contributed by atoms with van der Waals surface area (Å²) in [5, 5.41) is 0. The molecule has 12 heavy (non-hydrogen) atoms. The SMILES string of the molecule is CCC=Nc1ccc(C)cc1C. The molecule has 0 heterocycles. The number of rotatable bonds is 2. The van der Waals surface area contributed by atoms with Gasteiger partial charge in [-0.1, -0.05) is 24.6 Å². The number of aliphatic imine (C=N–C) groups is 1. The molecule has 1 aromatic carbocycles. The van der Waals surface area contributed by atoms with E-state index in [1.54, 1.807) is 0 Å². The zero-order chi connectivity index (χ0) is 8.97. The summed E-state index contributed by atoms with van der Waals surface area (Å²) in [4.78, 5) is 4.34. The number of hydrogen-bond acceptors (Lipinski definition) is 1. The predicted molar refractivity (Wildman–Crippen MR) is 54.4 cm³/mol. The van der Waals surface area contributed by atoms with Gasteiger partial charge in [-0.25, -0.2) is 0 Å². The van der Waals surface area contributed by atoms with Crippen molar-refractivity contribution in [3.05, 3.63) is 29.3 Å². The molecule has 0 bridgehead atoms. The van der Waals surface area contributed by atoms with E-state index in [0.717, 1.165) is 12.1 Å². The van der Waals surface area contributed by atoms with Crippen LogP contribution in [-0.2, 0) is 0 Å². The molecule has 0 saturated heterocycles. The highest BCUT2D eigenvalue weighted by Gasteiger charge is 1.93. The van der Waals surface area contributed by atoms with Crippen molar-refractivity contribution in [1.82, 2.24) is 0 Å². The molecule has 0 amide bonds. The van der Waals surface area contributed by atoms with Gasteiger partial charge >= 0.3 is 0 Å². The molecule has 0 aliphatic carbocycles. The van der Waals surface area contributed by atoms with E-state index in [1.165, 1.54) is 11.1 Å². The van der Waals surface area contributed by atoms with E-state index in [1.807, 2.05) is 6.21 Å². The molecule has 1 heteroatoms. The Bertz CT molecular complexity index is 287. The Morgan fingerprint density at radius 3 is 2.67 bits per heavy atom. The third-order valence-corrected chi connectivity index (χ3v) is 1.77. The first-order valence-corrected chi connectivity index (χ1v) is 4.34. The minimum Gasteiger partial charge on any atom is -0.261 e. The summed E-state index contributed by atoms with van der Waals surface area (Å²) in [5.41, 5.74) is 3.63. The Balaban J connectivity index is 2.94. The average Bonchev–Trinajstić information content (AvgIpc) is 2.03. The Kier molecular flexibility index (Phi) is 3.03. The number of nitrogens with zero attached hydrogens (tertiary/aromatic N) is 1. The van der Waals surface area contributed by atoms with Gasteiger partial charge in [-0.2, -0.15) is 0 Å². The maximum atomic E-state index is 4.34. The highest BCUT2D eigenvalue weighted by molar-refractivity contribution is 5.64. The second kappa shape index (κ2) is 4.05. The molecular weight excluding hydrogens is 146 g/mol. The van der Waals surface area contributed by atoms with Crippen LogP contribution in [0.1, 0.15) is 24.5 Å².